The molecule has 0 fully saturated rings. The molecule has 0 radical (unpaired) electrons. The van der Waals surface area contributed by atoms with E-state index in [1.165, 1.54) is 11.3 Å². The van der Waals surface area contributed by atoms with Crippen molar-refractivity contribution in [2.75, 3.05) is 12.4 Å². The number of aryl methyl sites for hydroxylation is 1. The summed E-state index contributed by atoms with van der Waals surface area (Å²) < 4.78 is 5.13. The van der Waals surface area contributed by atoms with Crippen LogP contribution in [0.5, 0.6) is 5.75 Å². The third-order valence-electron chi connectivity index (χ3n) is 2.82. The maximum atomic E-state index is 12.1. The first-order chi connectivity index (χ1) is 9.11. The molecule has 5 heteroatoms. The summed E-state index contributed by atoms with van der Waals surface area (Å²) in [6.07, 6.45) is 0. The van der Waals surface area contributed by atoms with Gasteiger partial charge in [-0.25, -0.2) is 0 Å². The number of anilines is 1. The number of thiophene rings is 1. The molecule has 1 unspecified atom stereocenters. The van der Waals surface area contributed by atoms with Gasteiger partial charge in [-0.2, -0.15) is 0 Å². The zero-order valence-corrected chi connectivity index (χ0v) is 11.7. The Balaban J connectivity index is 2.11. The molecule has 2 rings (SSSR count). The molecule has 19 heavy (non-hydrogen) atoms. The van der Waals surface area contributed by atoms with Crippen molar-refractivity contribution in [1.82, 2.24) is 0 Å². The van der Waals surface area contributed by atoms with Crippen molar-refractivity contribution >= 4 is 22.9 Å². The first-order valence-corrected chi connectivity index (χ1v) is 6.74. The van der Waals surface area contributed by atoms with Gasteiger partial charge in [0.25, 0.3) is 0 Å². The second-order valence-electron chi connectivity index (χ2n) is 4.16. The lowest BCUT2D eigenvalue weighted by molar-refractivity contribution is -0.117. The summed E-state index contributed by atoms with van der Waals surface area (Å²) in [6, 6.07) is 8.59. The maximum absolute atomic E-state index is 12.1. The number of rotatable bonds is 4. The van der Waals surface area contributed by atoms with Crippen molar-refractivity contribution in [1.29, 1.82) is 0 Å². The lowest BCUT2D eigenvalue weighted by atomic mass is 10.1. The molecular formula is C14H16N2O2S. The monoisotopic (exact) mass is 276 g/mol. The van der Waals surface area contributed by atoms with Crippen LogP contribution in [0.3, 0.4) is 0 Å². The van der Waals surface area contributed by atoms with Crippen LogP contribution >= 0.6 is 11.3 Å². The van der Waals surface area contributed by atoms with E-state index in [4.69, 9.17) is 10.5 Å². The van der Waals surface area contributed by atoms with E-state index in [0.29, 0.717) is 0 Å². The molecule has 1 aromatic carbocycles. The molecule has 0 aliphatic heterocycles. The van der Waals surface area contributed by atoms with Gasteiger partial charge in [0.05, 0.1) is 7.11 Å². The Labute approximate surface area is 116 Å². The minimum Gasteiger partial charge on any atom is -0.497 e. The minimum absolute atomic E-state index is 0.212. The average molecular weight is 276 g/mol. The van der Waals surface area contributed by atoms with Gasteiger partial charge in [-0.1, -0.05) is 6.07 Å². The predicted octanol–water partition coefficient (Wildman–Crippen LogP) is 2.70. The van der Waals surface area contributed by atoms with Gasteiger partial charge in [-0.3, -0.25) is 4.79 Å². The van der Waals surface area contributed by atoms with Gasteiger partial charge >= 0.3 is 0 Å². The van der Waals surface area contributed by atoms with Crippen LogP contribution in [-0.2, 0) is 4.79 Å². The van der Waals surface area contributed by atoms with Crippen molar-refractivity contribution in [3.05, 3.63) is 46.2 Å². The lowest BCUT2D eigenvalue weighted by Crippen LogP contribution is -2.27. The molecule has 0 bridgehead atoms. The summed E-state index contributed by atoms with van der Waals surface area (Å²) in [4.78, 5) is 12.9. The van der Waals surface area contributed by atoms with E-state index in [1.807, 2.05) is 36.6 Å². The number of carbonyl (C=O) groups excluding carboxylic acids is 1. The third-order valence-corrected chi connectivity index (χ3v) is 3.78. The Kier molecular flexibility index (Phi) is 4.19. The molecule has 3 N–H and O–H groups in total. The lowest BCUT2D eigenvalue weighted by Gasteiger charge is -2.13. The van der Waals surface area contributed by atoms with E-state index in [2.05, 4.69) is 5.32 Å². The molecule has 1 atom stereocenters. The molecule has 2 aromatic rings. The number of methoxy groups -OCH3 is 1. The highest BCUT2D eigenvalue weighted by Gasteiger charge is 2.17. The summed E-state index contributed by atoms with van der Waals surface area (Å²) in [5.41, 5.74) is 7.59. The number of benzene rings is 1. The molecule has 0 aliphatic carbocycles. The zero-order chi connectivity index (χ0) is 13.8. The molecule has 0 aliphatic rings. The molecule has 100 valence electrons. The third kappa shape index (κ3) is 3.13. The topological polar surface area (TPSA) is 64.3 Å². The van der Waals surface area contributed by atoms with Crippen LogP contribution in [0.1, 0.15) is 16.5 Å². The second-order valence-corrected chi connectivity index (χ2v) is 5.14. The van der Waals surface area contributed by atoms with Crippen molar-refractivity contribution in [2.24, 2.45) is 5.73 Å². The van der Waals surface area contributed by atoms with Gasteiger partial charge in [-0.15, -0.1) is 11.3 Å². The number of ether oxygens (including phenoxy) is 1. The number of hydrogen-bond donors (Lipinski definition) is 2. The molecule has 0 saturated carbocycles. The van der Waals surface area contributed by atoms with Crippen LogP contribution in [0.4, 0.5) is 5.69 Å². The minimum atomic E-state index is -0.637. The Bertz CT molecular complexity index is 567. The number of amides is 1. The molecule has 1 aromatic heterocycles. The summed E-state index contributed by atoms with van der Waals surface area (Å²) in [5.74, 6) is 0.550. The largest absolute Gasteiger partial charge is 0.497 e. The summed E-state index contributed by atoms with van der Waals surface area (Å²) in [7, 11) is 1.61. The number of hydrogen-bond acceptors (Lipinski definition) is 4. The standard InChI is InChI=1S/C14H16N2O2S/c1-9-8-10(18-2)5-6-11(9)16-14(17)13(15)12-4-3-7-19-12/h3-8,13H,15H2,1-2H3,(H,16,17). The van der Waals surface area contributed by atoms with E-state index in [0.717, 1.165) is 21.9 Å². The first-order valence-electron chi connectivity index (χ1n) is 5.86. The van der Waals surface area contributed by atoms with E-state index < -0.39 is 6.04 Å². The normalized spacial score (nSPS) is 11.9. The molecular weight excluding hydrogens is 260 g/mol. The van der Waals surface area contributed by atoms with Crippen LogP contribution in [0.25, 0.3) is 0 Å². The summed E-state index contributed by atoms with van der Waals surface area (Å²) in [5, 5.41) is 4.74. The Hall–Kier alpha value is -1.85. The van der Waals surface area contributed by atoms with Crippen LogP contribution in [0, 0.1) is 6.92 Å². The van der Waals surface area contributed by atoms with Crippen molar-refractivity contribution in [3.63, 3.8) is 0 Å². The Morgan fingerprint density at radius 3 is 2.79 bits per heavy atom. The highest BCUT2D eigenvalue weighted by molar-refractivity contribution is 7.10. The fraction of sp³-hybridized carbons (Fsp3) is 0.214. The van der Waals surface area contributed by atoms with Crippen LogP contribution in [0.2, 0.25) is 0 Å². The van der Waals surface area contributed by atoms with Crippen LogP contribution in [-0.4, -0.2) is 13.0 Å². The van der Waals surface area contributed by atoms with E-state index in [9.17, 15) is 4.79 Å². The quantitative estimate of drug-likeness (QED) is 0.902. The summed E-state index contributed by atoms with van der Waals surface area (Å²) in [6.45, 7) is 1.91. The zero-order valence-electron chi connectivity index (χ0n) is 10.8. The fourth-order valence-electron chi connectivity index (χ4n) is 1.71. The van der Waals surface area contributed by atoms with E-state index in [-0.39, 0.29) is 5.91 Å². The molecule has 0 saturated heterocycles. The van der Waals surface area contributed by atoms with Crippen LogP contribution < -0.4 is 15.8 Å². The number of nitrogens with one attached hydrogen (secondary N) is 1. The second kappa shape index (κ2) is 5.86. The van der Waals surface area contributed by atoms with Gasteiger partial charge in [-0.05, 0) is 42.1 Å². The van der Waals surface area contributed by atoms with Crippen molar-refractivity contribution < 1.29 is 9.53 Å². The van der Waals surface area contributed by atoms with E-state index in [1.54, 1.807) is 13.2 Å². The highest BCUT2D eigenvalue weighted by atomic mass is 32.1. The van der Waals surface area contributed by atoms with Gasteiger partial charge in [0.15, 0.2) is 0 Å². The van der Waals surface area contributed by atoms with Crippen LogP contribution in [0.15, 0.2) is 35.7 Å². The maximum Gasteiger partial charge on any atom is 0.246 e. The Morgan fingerprint density at radius 2 is 2.21 bits per heavy atom. The average Bonchev–Trinajstić information content (AvgIpc) is 2.94. The van der Waals surface area contributed by atoms with E-state index >= 15 is 0 Å². The SMILES string of the molecule is COc1ccc(NC(=O)C(N)c2cccs2)c(C)c1. The first kappa shape index (κ1) is 13.6. The number of nitrogens with two attached hydrogens (primary N) is 1. The van der Waals surface area contributed by atoms with Gasteiger partial charge in [0.2, 0.25) is 5.91 Å². The fourth-order valence-corrected chi connectivity index (χ4v) is 2.44. The molecule has 1 amide bonds. The molecule has 4 nitrogen and oxygen atoms in total. The van der Waals surface area contributed by atoms with Crippen molar-refractivity contribution in [3.8, 4) is 5.75 Å². The number of carbonyl (C=O) groups is 1. The van der Waals surface area contributed by atoms with Crippen molar-refractivity contribution in [2.45, 2.75) is 13.0 Å². The Morgan fingerprint density at radius 1 is 1.42 bits per heavy atom. The van der Waals surface area contributed by atoms with Gasteiger partial charge in [0.1, 0.15) is 11.8 Å². The predicted molar refractivity (Wildman–Crippen MR) is 77.6 cm³/mol. The van der Waals surface area contributed by atoms with Gasteiger partial charge in [0, 0.05) is 10.6 Å². The molecule has 0 spiro atoms. The summed E-state index contributed by atoms with van der Waals surface area (Å²) >= 11 is 1.47. The van der Waals surface area contributed by atoms with Gasteiger partial charge < -0.3 is 15.8 Å². The molecule has 1 heterocycles. The smallest absolute Gasteiger partial charge is 0.246 e. The highest BCUT2D eigenvalue weighted by Crippen LogP contribution is 2.23.